The van der Waals surface area contributed by atoms with E-state index < -0.39 is 0 Å². The van der Waals surface area contributed by atoms with Crippen molar-refractivity contribution in [1.82, 2.24) is 5.32 Å². The molecule has 0 bridgehead atoms. The molecule has 102 valence electrons. The van der Waals surface area contributed by atoms with Crippen molar-refractivity contribution >= 4 is 27.5 Å². The molecular weight excluding hydrogens is 308 g/mol. The lowest BCUT2D eigenvalue weighted by molar-refractivity contribution is 0.0956. The highest BCUT2D eigenvalue weighted by Gasteiger charge is 2.17. The molecular formula is C14H17BrN2O2. The normalized spacial score (nSPS) is 15.1. The lowest BCUT2D eigenvalue weighted by atomic mass is 10.1. The molecule has 19 heavy (non-hydrogen) atoms. The van der Waals surface area contributed by atoms with E-state index in [1.54, 1.807) is 0 Å². The minimum Gasteiger partial charge on any atom is -0.378 e. The fourth-order valence-electron chi connectivity index (χ4n) is 2.02. The fourth-order valence-corrected chi connectivity index (χ4v) is 2.16. The van der Waals surface area contributed by atoms with Gasteiger partial charge < -0.3 is 15.0 Å². The minimum atomic E-state index is -0.0808. The van der Waals surface area contributed by atoms with E-state index in [1.165, 1.54) is 0 Å². The molecule has 0 atom stereocenters. The van der Waals surface area contributed by atoms with Crippen molar-refractivity contribution < 1.29 is 9.53 Å². The van der Waals surface area contributed by atoms with Gasteiger partial charge in [-0.2, -0.15) is 0 Å². The SMILES string of the molecule is C=C(Br)CNC(=O)c1ccccc1N1CCOCC1. The number of nitrogens with one attached hydrogen (secondary N) is 1. The summed E-state index contributed by atoms with van der Waals surface area (Å²) in [7, 11) is 0. The second-order valence-corrected chi connectivity index (χ2v) is 5.44. The Morgan fingerprint density at radius 2 is 2.05 bits per heavy atom. The summed E-state index contributed by atoms with van der Waals surface area (Å²) >= 11 is 3.23. The molecule has 1 amide bonds. The van der Waals surface area contributed by atoms with Gasteiger partial charge >= 0.3 is 0 Å². The zero-order valence-electron chi connectivity index (χ0n) is 10.7. The number of amides is 1. The number of benzene rings is 1. The number of morpholine rings is 1. The first-order valence-corrected chi connectivity index (χ1v) is 7.01. The average molecular weight is 325 g/mol. The lowest BCUT2D eigenvalue weighted by Crippen LogP contribution is -2.38. The summed E-state index contributed by atoms with van der Waals surface area (Å²) in [5.74, 6) is -0.0808. The van der Waals surface area contributed by atoms with Crippen molar-refractivity contribution in [3.63, 3.8) is 0 Å². The Kier molecular flexibility index (Phi) is 4.99. The molecule has 0 aromatic heterocycles. The number of anilines is 1. The Morgan fingerprint density at radius 1 is 1.37 bits per heavy atom. The topological polar surface area (TPSA) is 41.6 Å². The zero-order valence-corrected chi connectivity index (χ0v) is 12.3. The van der Waals surface area contributed by atoms with E-state index in [0.717, 1.165) is 23.3 Å². The molecule has 1 fully saturated rings. The molecule has 1 aromatic rings. The third kappa shape index (κ3) is 3.81. The molecule has 1 aromatic carbocycles. The number of nitrogens with zero attached hydrogens (tertiary/aromatic N) is 1. The molecule has 1 aliphatic rings. The van der Waals surface area contributed by atoms with Gasteiger partial charge in [-0.15, -0.1) is 0 Å². The van der Waals surface area contributed by atoms with Crippen LogP contribution in [0.3, 0.4) is 0 Å². The smallest absolute Gasteiger partial charge is 0.253 e. The summed E-state index contributed by atoms with van der Waals surface area (Å²) in [6.07, 6.45) is 0. The molecule has 1 aliphatic heterocycles. The van der Waals surface area contributed by atoms with Gasteiger partial charge in [-0.1, -0.05) is 34.6 Å². The van der Waals surface area contributed by atoms with Crippen molar-refractivity contribution in [3.8, 4) is 0 Å². The molecule has 0 unspecified atom stereocenters. The summed E-state index contributed by atoms with van der Waals surface area (Å²) in [6.45, 7) is 7.17. The highest BCUT2D eigenvalue weighted by molar-refractivity contribution is 9.11. The third-order valence-electron chi connectivity index (χ3n) is 2.94. The van der Waals surface area contributed by atoms with E-state index in [0.29, 0.717) is 25.3 Å². The van der Waals surface area contributed by atoms with Gasteiger partial charge in [0.2, 0.25) is 0 Å². The molecule has 0 spiro atoms. The van der Waals surface area contributed by atoms with Crippen LogP contribution in [0.1, 0.15) is 10.4 Å². The lowest BCUT2D eigenvalue weighted by Gasteiger charge is -2.30. The summed E-state index contributed by atoms with van der Waals surface area (Å²) in [4.78, 5) is 14.4. The van der Waals surface area contributed by atoms with Crippen LogP contribution < -0.4 is 10.2 Å². The number of hydrogen-bond acceptors (Lipinski definition) is 3. The number of rotatable bonds is 4. The van der Waals surface area contributed by atoms with Crippen LogP contribution in [0.4, 0.5) is 5.69 Å². The molecule has 2 rings (SSSR count). The van der Waals surface area contributed by atoms with Crippen molar-refractivity contribution in [2.45, 2.75) is 0 Å². The van der Waals surface area contributed by atoms with E-state index >= 15 is 0 Å². The Hall–Kier alpha value is -1.33. The van der Waals surface area contributed by atoms with Crippen molar-refractivity contribution in [3.05, 3.63) is 40.9 Å². The predicted molar refractivity (Wildman–Crippen MR) is 79.9 cm³/mol. The van der Waals surface area contributed by atoms with Crippen LogP contribution in [0.2, 0.25) is 0 Å². The second-order valence-electron chi connectivity index (χ2n) is 4.32. The molecule has 5 heteroatoms. The minimum absolute atomic E-state index is 0.0808. The second kappa shape index (κ2) is 6.73. The first kappa shape index (κ1) is 14.1. The first-order chi connectivity index (χ1) is 9.18. The van der Waals surface area contributed by atoms with Crippen molar-refractivity contribution in [2.24, 2.45) is 0 Å². The maximum atomic E-state index is 12.2. The van der Waals surface area contributed by atoms with Gasteiger partial charge in [-0.05, 0) is 12.1 Å². The van der Waals surface area contributed by atoms with Crippen LogP contribution in [0, 0.1) is 0 Å². The van der Waals surface area contributed by atoms with Crippen LogP contribution >= 0.6 is 15.9 Å². The molecule has 0 aliphatic carbocycles. The summed E-state index contributed by atoms with van der Waals surface area (Å²) < 4.78 is 6.09. The van der Waals surface area contributed by atoms with Gasteiger partial charge in [0.1, 0.15) is 0 Å². The van der Waals surface area contributed by atoms with Gasteiger partial charge in [-0.3, -0.25) is 4.79 Å². The number of para-hydroxylation sites is 1. The van der Waals surface area contributed by atoms with Gasteiger partial charge in [-0.25, -0.2) is 0 Å². The molecule has 1 N–H and O–H groups in total. The quantitative estimate of drug-likeness (QED) is 0.922. The van der Waals surface area contributed by atoms with Crippen LogP contribution in [0.5, 0.6) is 0 Å². The van der Waals surface area contributed by atoms with E-state index in [-0.39, 0.29) is 5.91 Å². The van der Waals surface area contributed by atoms with Gasteiger partial charge in [0.05, 0.1) is 18.8 Å². The van der Waals surface area contributed by atoms with E-state index in [1.807, 2.05) is 24.3 Å². The van der Waals surface area contributed by atoms with E-state index in [4.69, 9.17) is 4.74 Å². The Morgan fingerprint density at radius 3 is 2.74 bits per heavy atom. The van der Waals surface area contributed by atoms with E-state index in [9.17, 15) is 4.79 Å². The molecule has 4 nitrogen and oxygen atoms in total. The summed E-state index contributed by atoms with van der Waals surface area (Å²) in [5, 5.41) is 2.83. The molecule has 1 saturated heterocycles. The molecule has 0 radical (unpaired) electrons. The van der Waals surface area contributed by atoms with Crippen LogP contribution in [0.15, 0.2) is 35.3 Å². The number of carbonyl (C=O) groups excluding carboxylic acids is 1. The maximum absolute atomic E-state index is 12.2. The zero-order chi connectivity index (χ0) is 13.7. The monoisotopic (exact) mass is 324 g/mol. The van der Waals surface area contributed by atoms with Gasteiger partial charge in [0.15, 0.2) is 0 Å². The predicted octanol–water partition coefficient (Wildman–Crippen LogP) is 2.16. The van der Waals surface area contributed by atoms with Crippen molar-refractivity contribution in [2.75, 3.05) is 37.7 Å². The number of carbonyl (C=O) groups is 1. The highest BCUT2D eigenvalue weighted by Crippen LogP contribution is 2.21. The van der Waals surface area contributed by atoms with Gasteiger partial charge in [0.25, 0.3) is 5.91 Å². The fraction of sp³-hybridized carbons (Fsp3) is 0.357. The van der Waals surface area contributed by atoms with E-state index in [2.05, 4.69) is 32.7 Å². The van der Waals surface area contributed by atoms with Crippen LogP contribution in [0.25, 0.3) is 0 Å². The number of hydrogen-bond donors (Lipinski definition) is 1. The first-order valence-electron chi connectivity index (χ1n) is 6.21. The van der Waals surface area contributed by atoms with Crippen LogP contribution in [-0.4, -0.2) is 38.8 Å². The highest BCUT2D eigenvalue weighted by atomic mass is 79.9. The number of ether oxygens (including phenoxy) is 1. The van der Waals surface area contributed by atoms with Crippen molar-refractivity contribution in [1.29, 1.82) is 0 Å². The third-order valence-corrected chi connectivity index (χ3v) is 3.22. The average Bonchev–Trinajstić information content (AvgIpc) is 2.45. The largest absolute Gasteiger partial charge is 0.378 e. The van der Waals surface area contributed by atoms with Gasteiger partial charge in [0, 0.05) is 29.8 Å². The molecule has 0 saturated carbocycles. The standard InChI is InChI=1S/C14H17BrN2O2/c1-11(15)10-16-14(18)12-4-2-3-5-13(12)17-6-8-19-9-7-17/h2-5H,1,6-10H2,(H,16,18). The Balaban J connectivity index is 2.15. The Bertz CT molecular complexity index is 470. The molecule has 1 heterocycles. The Labute approximate surface area is 121 Å². The summed E-state index contributed by atoms with van der Waals surface area (Å²) in [5.41, 5.74) is 1.65. The number of halogens is 1. The maximum Gasteiger partial charge on any atom is 0.253 e. The van der Waals surface area contributed by atoms with Crippen LogP contribution in [-0.2, 0) is 4.74 Å². The summed E-state index contributed by atoms with van der Waals surface area (Å²) in [6, 6.07) is 7.65.